The van der Waals surface area contributed by atoms with Gasteiger partial charge < -0.3 is 4.74 Å². The second kappa shape index (κ2) is 5.38. The molecule has 0 aliphatic carbocycles. The lowest BCUT2D eigenvalue weighted by atomic mass is 10.3. The van der Waals surface area contributed by atoms with Gasteiger partial charge in [0.05, 0.1) is 11.4 Å². The van der Waals surface area contributed by atoms with Crippen LogP contribution >= 0.6 is 27.5 Å². The van der Waals surface area contributed by atoms with Crippen molar-refractivity contribution in [2.24, 2.45) is 0 Å². The second-order valence-electron chi connectivity index (χ2n) is 3.79. The molecule has 7 heteroatoms. The van der Waals surface area contributed by atoms with Gasteiger partial charge in [-0.2, -0.15) is 4.39 Å². The van der Waals surface area contributed by atoms with E-state index in [1.165, 1.54) is 6.07 Å². The summed E-state index contributed by atoms with van der Waals surface area (Å²) in [6.45, 7) is 3.45. The van der Waals surface area contributed by atoms with Gasteiger partial charge in [0.1, 0.15) is 0 Å². The summed E-state index contributed by atoms with van der Waals surface area (Å²) in [5, 5.41) is -0.0112. The summed E-state index contributed by atoms with van der Waals surface area (Å²) in [5.41, 5.74) is 1.23. The third-order valence-corrected chi connectivity index (χ3v) is 3.11. The van der Waals surface area contributed by atoms with Gasteiger partial charge in [-0.05, 0) is 26.0 Å². The maximum absolute atomic E-state index is 13.6. The number of nitrogens with zero attached hydrogens (tertiary/aromatic N) is 2. The van der Waals surface area contributed by atoms with Crippen molar-refractivity contribution in [3.05, 3.63) is 44.8 Å². The van der Waals surface area contributed by atoms with E-state index in [9.17, 15) is 8.78 Å². The number of ether oxygens (including phenoxy) is 1. The van der Waals surface area contributed by atoms with E-state index in [0.717, 1.165) is 6.07 Å². The zero-order valence-electron chi connectivity index (χ0n) is 9.97. The summed E-state index contributed by atoms with van der Waals surface area (Å²) in [4.78, 5) is 8.04. The van der Waals surface area contributed by atoms with Gasteiger partial charge in [-0.3, -0.25) is 0 Å². The first-order chi connectivity index (χ1) is 8.88. The molecule has 19 heavy (non-hydrogen) atoms. The van der Waals surface area contributed by atoms with Gasteiger partial charge in [-0.1, -0.05) is 27.5 Å². The number of benzene rings is 1. The van der Waals surface area contributed by atoms with Crippen molar-refractivity contribution in [2.75, 3.05) is 0 Å². The Bertz CT molecular complexity index is 652. The lowest BCUT2D eigenvalue weighted by molar-refractivity contribution is 0.402. The molecule has 0 spiro atoms. The van der Waals surface area contributed by atoms with Gasteiger partial charge in [0.2, 0.25) is 5.82 Å². The van der Waals surface area contributed by atoms with E-state index in [2.05, 4.69) is 25.9 Å². The molecule has 0 bridgehead atoms. The van der Waals surface area contributed by atoms with Crippen molar-refractivity contribution in [2.45, 2.75) is 13.8 Å². The second-order valence-corrected chi connectivity index (χ2v) is 5.07. The lowest BCUT2D eigenvalue weighted by Crippen LogP contribution is -1.99. The van der Waals surface area contributed by atoms with E-state index in [1.54, 1.807) is 13.8 Å². The van der Waals surface area contributed by atoms with Crippen molar-refractivity contribution in [3.63, 3.8) is 0 Å². The number of hydrogen-bond acceptors (Lipinski definition) is 3. The van der Waals surface area contributed by atoms with Gasteiger partial charge >= 0.3 is 0 Å². The monoisotopic (exact) mass is 348 g/mol. The summed E-state index contributed by atoms with van der Waals surface area (Å²) in [6, 6.07) is 2.28. The molecule has 1 aromatic heterocycles. The first-order valence-corrected chi connectivity index (χ1v) is 6.38. The summed E-state index contributed by atoms with van der Waals surface area (Å²) in [6.07, 6.45) is 0. The Balaban J connectivity index is 2.44. The molecule has 0 aliphatic rings. The Morgan fingerprint density at radius 3 is 2.47 bits per heavy atom. The lowest BCUT2D eigenvalue weighted by Gasteiger charge is -2.09. The molecule has 0 unspecified atom stereocenters. The SMILES string of the molecule is Cc1nc(Cl)c(Oc2cc(Br)cc(F)c2F)nc1C. The number of hydrogen-bond donors (Lipinski definition) is 0. The Labute approximate surface area is 121 Å². The summed E-state index contributed by atoms with van der Waals surface area (Å²) < 4.78 is 32.3. The van der Waals surface area contributed by atoms with E-state index >= 15 is 0 Å². The molecule has 1 aromatic carbocycles. The maximum Gasteiger partial charge on any atom is 0.258 e. The van der Waals surface area contributed by atoms with E-state index in [1.807, 2.05) is 0 Å². The van der Waals surface area contributed by atoms with Gasteiger partial charge in [-0.15, -0.1) is 0 Å². The molecule has 0 aliphatic heterocycles. The van der Waals surface area contributed by atoms with Crippen molar-refractivity contribution in [1.29, 1.82) is 0 Å². The molecular weight excluding hydrogens is 341 g/mol. The fraction of sp³-hybridized carbons (Fsp3) is 0.167. The van der Waals surface area contributed by atoms with Crippen LogP contribution in [0, 0.1) is 25.5 Å². The highest BCUT2D eigenvalue weighted by molar-refractivity contribution is 9.10. The minimum Gasteiger partial charge on any atom is -0.433 e. The van der Waals surface area contributed by atoms with Crippen LogP contribution in [0.1, 0.15) is 11.4 Å². The van der Waals surface area contributed by atoms with Gasteiger partial charge in [-0.25, -0.2) is 14.4 Å². The average Bonchev–Trinajstić information content (AvgIpc) is 2.32. The van der Waals surface area contributed by atoms with Crippen LogP contribution in [-0.4, -0.2) is 9.97 Å². The Morgan fingerprint density at radius 2 is 1.79 bits per heavy atom. The third-order valence-electron chi connectivity index (χ3n) is 2.40. The van der Waals surface area contributed by atoms with Crippen LogP contribution < -0.4 is 4.74 Å². The zero-order chi connectivity index (χ0) is 14.2. The molecule has 100 valence electrons. The van der Waals surface area contributed by atoms with Crippen LogP contribution in [0.25, 0.3) is 0 Å². The van der Waals surface area contributed by atoms with Crippen molar-refractivity contribution in [3.8, 4) is 11.6 Å². The predicted molar refractivity (Wildman–Crippen MR) is 70.6 cm³/mol. The van der Waals surface area contributed by atoms with Gasteiger partial charge in [0, 0.05) is 4.47 Å². The molecule has 2 rings (SSSR count). The molecule has 3 nitrogen and oxygen atoms in total. The van der Waals surface area contributed by atoms with Crippen LogP contribution in [0.5, 0.6) is 11.6 Å². The Hall–Kier alpha value is -1.27. The van der Waals surface area contributed by atoms with Crippen LogP contribution in [0.15, 0.2) is 16.6 Å². The Morgan fingerprint density at radius 1 is 1.16 bits per heavy atom. The highest BCUT2D eigenvalue weighted by Crippen LogP contribution is 2.31. The quantitative estimate of drug-likeness (QED) is 0.744. The van der Waals surface area contributed by atoms with E-state index in [-0.39, 0.29) is 16.8 Å². The highest BCUT2D eigenvalue weighted by atomic mass is 79.9. The smallest absolute Gasteiger partial charge is 0.258 e. The van der Waals surface area contributed by atoms with Crippen LogP contribution in [0.2, 0.25) is 5.15 Å². The summed E-state index contributed by atoms with van der Waals surface area (Å²) >= 11 is 8.91. The molecule has 2 aromatic rings. The molecule has 0 saturated heterocycles. The zero-order valence-corrected chi connectivity index (χ0v) is 12.3. The molecular formula is C12H8BrClF2N2O. The minimum atomic E-state index is -1.11. The summed E-state index contributed by atoms with van der Waals surface area (Å²) in [5.74, 6) is -2.52. The molecule has 1 heterocycles. The van der Waals surface area contributed by atoms with Gasteiger partial charge in [0.15, 0.2) is 16.7 Å². The van der Waals surface area contributed by atoms with Crippen LogP contribution in [-0.2, 0) is 0 Å². The molecule has 0 amide bonds. The first-order valence-electron chi connectivity index (χ1n) is 5.21. The number of aromatic nitrogens is 2. The molecule has 0 atom stereocenters. The maximum atomic E-state index is 13.6. The molecule has 0 N–H and O–H groups in total. The van der Waals surface area contributed by atoms with E-state index in [0.29, 0.717) is 15.9 Å². The molecule has 0 fully saturated rings. The van der Waals surface area contributed by atoms with E-state index < -0.39 is 11.6 Å². The minimum absolute atomic E-state index is 0.0112. The van der Waals surface area contributed by atoms with Crippen LogP contribution in [0.3, 0.4) is 0 Å². The fourth-order valence-electron chi connectivity index (χ4n) is 1.33. The number of halogens is 4. The topological polar surface area (TPSA) is 35.0 Å². The number of aryl methyl sites for hydroxylation is 2. The fourth-order valence-corrected chi connectivity index (χ4v) is 1.95. The average molecular weight is 350 g/mol. The van der Waals surface area contributed by atoms with Crippen molar-refractivity contribution in [1.82, 2.24) is 9.97 Å². The Kier molecular flexibility index (Phi) is 4.01. The summed E-state index contributed by atoms with van der Waals surface area (Å²) in [7, 11) is 0. The van der Waals surface area contributed by atoms with Crippen LogP contribution in [0.4, 0.5) is 8.78 Å². The number of rotatable bonds is 2. The molecule has 0 radical (unpaired) electrons. The predicted octanol–water partition coefficient (Wildman–Crippen LogP) is 4.58. The highest BCUT2D eigenvalue weighted by Gasteiger charge is 2.16. The van der Waals surface area contributed by atoms with Gasteiger partial charge in [0.25, 0.3) is 5.88 Å². The van der Waals surface area contributed by atoms with Crippen molar-refractivity contribution < 1.29 is 13.5 Å². The first kappa shape index (κ1) is 14.1. The molecule has 0 saturated carbocycles. The standard InChI is InChI=1S/C12H8BrClF2N2O/c1-5-6(2)18-12(11(14)17-5)19-9-4-7(13)3-8(15)10(9)16/h3-4H,1-2H3. The van der Waals surface area contributed by atoms with E-state index in [4.69, 9.17) is 16.3 Å². The normalized spacial score (nSPS) is 10.6. The largest absolute Gasteiger partial charge is 0.433 e. The van der Waals surface area contributed by atoms with Crippen molar-refractivity contribution >= 4 is 27.5 Å². The third kappa shape index (κ3) is 3.01.